The van der Waals surface area contributed by atoms with Gasteiger partial charge in [0.25, 0.3) is 16.8 Å². The van der Waals surface area contributed by atoms with Gasteiger partial charge in [0.05, 0.1) is 31.6 Å². The van der Waals surface area contributed by atoms with Gasteiger partial charge in [-0.3, -0.25) is 24.6 Å². The number of benzene rings is 3. The van der Waals surface area contributed by atoms with E-state index < -0.39 is 10.8 Å². The smallest absolute Gasteiger partial charge is 0.293 e. The number of ether oxygens (including phenoxy) is 3. The molecule has 0 spiro atoms. The molecule has 1 aliphatic heterocycles. The molecule has 0 radical (unpaired) electrons. The van der Waals surface area contributed by atoms with Crippen molar-refractivity contribution in [2.24, 2.45) is 0 Å². The Kier molecular flexibility index (Phi) is 9.70. The molecule has 1 heterocycles. The Balaban J connectivity index is 1.45. The topological polar surface area (TPSA) is 108 Å². The lowest BCUT2D eigenvalue weighted by Gasteiger charge is -2.15. The SMILES string of the molecule is CCOc1cc(/C=C2\SC(=O)N(CCOc3ccccc3Cl)C2=O)cc(I)c1OCc1ccc([N+](=O)[O-])cc1. The molecule has 4 rings (SSSR count). The number of nitrogens with zero attached hydrogens (tertiary/aromatic N) is 2. The van der Waals surface area contributed by atoms with Crippen molar-refractivity contribution in [2.45, 2.75) is 13.5 Å². The first kappa shape index (κ1) is 28.7. The zero-order chi connectivity index (χ0) is 27.9. The fraction of sp³-hybridized carbons (Fsp3) is 0.185. The summed E-state index contributed by atoms with van der Waals surface area (Å²) >= 11 is 9.06. The van der Waals surface area contributed by atoms with Crippen molar-refractivity contribution in [3.63, 3.8) is 0 Å². The molecule has 1 saturated heterocycles. The molecule has 0 bridgehead atoms. The summed E-state index contributed by atoms with van der Waals surface area (Å²) in [5, 5.41) is 10.9. The fourth-order valence-electron chi connectivity index (χ4n) is 3.60. The number of rotatable bonds is 11. The van der Waals surface area contributed by atoms with Gasteiger partial charge in [0, 0.05) is 12.1 Å². The minimum Gasteiger partial charge on any atom is -0.490 e. The molecule has 39 heavy (non-hydrogen) atoms. The summed E-state index contributed by atoms with van der Waals surface area (Å²) in [6.07, 6.45) is 1.64. The number of amides is 2. The molecular formula is C27H22ClIN2O7S. The number of thioether (sulfide) groups is 1. The summed E-state index contributed by atoms with van der Waals surface area (Å²) in [6, 6.07) is 16.7. The highest BCUT2D eigenvalue weighted by Crippen LogP contribution is 2.38. The molecule has 0 saturated carbocycles. The predicted octanol–water partition coefficient (Wildman–Crippen LogP) is 6.95. The highest BCUT2D eigenvalue weighted by atomic mass is 127. The lowest BCUT2D eigenvalue weighted by Crippen LogP contribution is -2.32. The van der Waals surface area contributed by atoms with Crippen molar-refractivity contribution in [1.29, 1.82) is 0 Å². The maximum atomic E-state index is 13.0. The molecule has 9 nitrogen and oxygen atoms in total. The second kappa shape index (κ2) is 13.2. The third-order valence-electron chi connectivity index (χ3n) is 5.44. The number of non-ortho nitro benzene ring substituents is 1. The van der Waals surface area contributed by atoms with Crippen LogP contribution in [-0.4, -0.2) is 40.7 Å². The first-order valence-electron chi connectivity index (χ1n) is 11.7. The largest absolute Gasteiger partial charge is 0.490 e. The van der Waals surface area contributed by atoms with Crippen LogP contribution < -0.4 is 14.2 Å². The summed E-state index contributed by atoms with van der Waals surface area (Å²) in [7, 11) is 0. The number of imide groups is 1. The van der Waals surface area contributed by atoms with Crippen LogP contribution in [0.2, 0.25) is 5.02 Å². The van der Waals surface area contributed by atoms with Crippen LogP contribution in [0.4, 0.5) is 10.5 Å². The van der Waals surface area contributed by atoms with E-state index in [0.29, 0.717) is 34.4 Å². The monoisotopic (exact) mass is 680 g/mol. The van der Waals surface area contributed by atoms with Gasteiger partial charge in [-0.1, -0.05) is 23.7 Å². The normalized spacial score (nSPS) is 14.1. The highest BCUT2D eigenvalue weighted by Gasteiger charge is 2.35. The van der Waals surface area contributed by atoms with Crippen LogP contribution in [0.25, 0.3) is 6.08 Å². The second-order valence-corrected chi connectivity index (χ2v) is 10.7. The average Bonchev–Trinajstić information content (AvgIpc) is 3.17. The molecule has 0 aromatic heterocycles. The molecule has 0 aliphatic carbocycles. The zero-order valence-electron chi connectivity index (χ0n) is 20.6. The van der Waals surface area contributed by atoms with Gasteiger partial charge < -0.3 is 14.2 Å². The number of nitro groups is 1. The minimum absolute atomic E-state index is 0.00483. The quantitative estimate of drug-likeness (QED) is 0.0928. The van der Waals surface area contributed by atoms with Crippen LogP contribution in [0.3, 0.4) is 0 Å². The van der Waals surface area contributed by atoms with E-state index in [2.05, 4.69) is 22.6 Å². The van der Waals surface area contributed by atoms with Gasteiger partial charge in [-0.05, 0) is 94.9 Å². The zero-order valence-corrected chi connectivity index (χ0v) is 24.3. The van der Waals surface area contributed by atoms with Crippen LogP contribution in [-0.2, 0) is 11.4 Å². The van der Waals surface area contributed by atoms with Crippen molar-refractivity contribution in [3.05, 3.63) is 95.4 Å². The second-order valence-electron chi connectivity index (χ2n) is 8.09. The Labute approximate surface area is 247 Å². The fourth-order valence-corrected chi connectivity index (χ4v) is 5.43. The Bertz CT molecular complexity index is 1430. The first-order valence-corrected chi connectivity index (χ1v) is 14.0. The van der Waals surface area contributed by atoms with Crippen molar-refractivity contribution in [3.8, 4) is 17.2 Å². The number of carbonyl (C=O) groups is 2. The van der Waals surface area contributed by atoms with E-state index in [-0.39, 0.29) is 35.6 Å². The van der Waals surface area contributed by atoms with E-state index >= 15 is 0 Å². The van der Waals surface area contributed by atoms with E-state index in [1.54, 1.807) is 48.5 Å². The molecule has 0 atom stereocenters. The molecule has 12 heteroatoms. The number of hydrogen-bond donors (Lipinski definition) is 0. The Hall–Kier alpha value is -3.29. The van der Waals surface area contributed by atoms with Crippen LogP contribution >= 0.6 is 46.0 Å². The van der Waals surface area contributed by atoms with Gasteiger partial charge in [-0.25, -0.2) is 0 Å². The van der Waals surface area contributed by atoms with E-state index in [0.717, 1.165) is 25.8 Å². The lowest BCUT2D eigenvalue weighted by molar-refractivity contribution is -0.384. The Morgan fingerprint density at radius 3 is 2.49 bits per heavy atom. The Morgan fingerprint density at radius 1 is 1.05 bits per heavy atom. The maximum absolute atomic E-state index is 13.0. The molecular weight excluding hydrogens is 659 g/mol. The first-order chi connectivity index (χ1) is 18.8. The van der Waals surface area contributed by atoms with Crippen LogP contribution in [0.1, 0.15) is 18.1 Å². The van der Waals surface area contributed by atoms with Crippen molar-refractivity contribution >= 4 is 68.9 Å². The van der Waals surface area contributed by atoms with Gasteiger partial charge in [-0.2, -0.15) is 0 Å². The van der Waals surface area contributed by atoms with E-state index in [4.69, 9.17) is 25.8 Å². The van der Waals surface area contributed by atoms with E-state index in [9.17, 15) is 19.7 Å². The van der Waals surface area contributed by atoms with Gasteiger partial charge >= 0.3 is 0 Å². The summed E-state index contributed by atoms with van der Waals surface area (Å²) in [5.74, 6) is 1.07. The third kappa shape index (κ3) is 7.22. The van der Waals surface area contributed by atoms with E-state index in [1.165, 1.54) is 12.1 Å². The molecule has 0 N–H and O–H groups in total. The number of halogens is 2. The van der Waals surface area contributed by atoms with Gasteiger partial charge in [0.15, 0.2) is 11.5 Å². The van der Waals surface area contributed by atoms with E-state index in [1.807, 2.05) is 13.0 Å². The van der Waals surface area contributed by atoms with Crippen LogP contribution in [0.15, 0.2) is 65.6 Å². The Morgan fingerprint density at radius 2 is 1.79 bits per heavy atom. The summed E-state index contributed by atoms with van der Waals surface area (Å²) in [4.78, 5) is 37.3. The average molecular weight is 681 g/mol. The lowest BCUT2D eigenvalue weighted by atomic mass is 10.1. The standard InChI is InChI=1S/C27H22ClIN2O7S/c1-2-36-23-14-18(13-21(29)25(23)38-16-17-7-9-19(10-8-17)31(34)35)15-24-26(32)30(27(33)39-24)11-12-37-22-6-4-3-5-20(22)28/h3-10,13-15H,2,11-12,16H2,1H3/b24-15-. The molecule has 1 fully saturated rings. The number of hydrogen-bond acceptors (Lipinski definition) is 8. The number of carbonyl (C=O) groups excluding carboxylic acids is 2. The summed E-state index contributed by atoms with van der Waals surface area (Å²) in [5.41, 5.74) is 1.43. The highest BCUT2D eigenvalue weighted by molar-refractivity contribution is 14.1. The number of nitro benzene ring substituents is 1. The minimum atomic E-state index is -0.456. The van der Waals surface area contributed by atoms with Crippen molar-refractivity contribution < 1.29 is 28.7 Å². The predicted molar refractivity (Wildman–Crippen MR) is 157 cm³/mol. The number of para-hydroxylation sites is 1. The molecule has 3 aromatic rings. The van der Waals surface area contributed by atoms with Gasteiger partial charge in [0.2, 0.25) is 0 Å². The van der Waals surface area contributed by atoms with Crippen molar-refractivity contribution in [1.82, 2.24) is 4.90 Å². The summed E-state index contributed by atoms with van der Waals surface area (Å²) < 4.78 is 18.1. The molecule has 3 aromatic carbocycles. The molecule has 202 valence electrons. The van der Waals surface area contributed by atoms with Crippen LogP contribution in [0.5, 0.6) is 17.2 Å². The summed E-state index contributed by atoms with van der Waals surface area (Å²) in [6.45, 7) is 2.61. The maximum Gasteiger partial charge on any atom is 0.293 e. The van der Waals surface area contributed by atoms with Gasteiger partial charge in [0.1, 0.15) is 19.0 Å². The third-order valence-corrected chi connectivity index (χ3v) is 7.46. The van der Waals surface area contributed by atoms with Crippen molar-refractivity contribution in [2.75, 3.05) is 19.8 Å². The molecule has 2 amide bonds. The van der Waals surface area contributed by atoms with Crippen LogP contribution in [0, 0.1) is 13.7 Å². The van der Waals surface area contributed by atoms with Gasteiger partial charge in [-0.15, -0.1) is 0 Å². The molecule has 1 aliphatic rings. The molecule has 0 unspecified atom stereocenters.